The Morgan fingerprint density at radius 3 is 1.21 bits per heavy atom. The van der Waals surface area contributed by atoms with Crippen molar-refractivity contribution in [3.05, 3.63) is 131 Å². The summed E-state index contributed by atoms with van der Waals surface area (Å²) in [7, 11) is 0. The number of hydrogen-bond acceptors (Lipinski definition) is 2. The van der Waals surface area contributed by atoms with Crippen LogP contribution in [0.4, 0.5) is 11.4 Å². The minimum atomic E-state index is -0.553. The molecule has 0 heterocycles. The molecule has 0 fully saturated rings. The lowest BCUT2D eigenvalue weighted by Gasteiger charge is -2.38. The van der Waals surface area contributed by atoms with Crippen LogP contribution in [0, 0.1) is 0 Å². The molecule has 4 aromatic carbocycles. The quantitative estimate of drug-likeness (QED) is 0.229. The minimum Gasteiger partial charge on any atom is -0.398 e. The van der Waals surface area contributed by atoms with Gasteiger partial charge in [0.25, 0.3) is 0 Å². The lowest BCUT2D eigenvalue weighted by molar-refractivity contribution is 0.710. The van der Waals surface area contributed by atoms with Gasteiger partial charge in [-0.15, -0.1) is 0 Å². The van der Waals surface area contributed by atoms with Crippen LogP contribution >= 0.6 is 0 Å². The van der Waals surface area contributed by atoms with Gasteiger partial charge in [-0.25, -0.2) is 0 Å². The second-order valence-electron chi connectivity index (χ2n) is 9.35. The highest BCUT2D eigenvalue weighted by Gasteiger charge is 2.36. The van der Waals surface area contributed by atoms with E-state index in [2.05, 4.69) is 136 Å². The topological polar surface area (TPSA) is 38.0 Å². The summed E-state index contributed by atoms with van der Waals surface area (Å²) in [4.78, 5) is 0. The monoisotopic (exact) mass is 434 g/mol. The molecule has 0 atom stereocenters. The Morgan fingerprint density at radius 1 is 0.576 bits per heavy atom. The number of nitrogens with two attached hydrogens (primary N) is 1. The Kier molecular flexibility index (Phi) is 6.55. The van der Waals surface area contributed by atoms with Gasteiger partial charge in [-0.3, -0.25) is 0 Å². The summed E-state index contributed by atoms with van der Waals surface area (Å²) in [6.07, 6.45) is 0. The first kappa shape index (κ1) is 22.7. The molecule has 4 aromatic rings. The van der Waals surface area contributed by atoms with Gasteiger partial charge < -0.3 is 11.1 Å². The predicted molar refractivity (Wildman–Crippen MR) is 142 cm³/mol. The highest BCUT2D eigenvalue weighted by Crippen LogP contribution is 2.42. The number of anilines is 2. The third kappa shape index (κ3) is 4.39. The highest BCUT2D eigenvalue weighted by molar-refractivity contribution is 5.68. The second kappa shape index (κ2) is 9.54. The van der Waals surface area contributed by atoms with Gasteiger partial charge in [0, 0.05) is 11.4 Å². The lowest BCUT2D eigenvalue weighted by atomic mass is 9.76. The zero-order chi connectivity index (χ0) is 23.4. The summed E-state index contributed by atoms with van der Waals surface area (Å²) in [6.45, 7) is 8.83. The minimum absolute atomic E-state index is 0.337. The summed E-state index contributed by atoms with van der Waals surface area (Å²) in [5.74, 6) is 0.674. The molecule has 2 nitrogen and oxygen atoms in total. The first-order chi connectivity index (χ1) is 15.9. The van der Waals surface area contributed by atoms with Crippen LogP contribution < -0.4 is 11.1 Å². The van der Waals surface area contributed by atoms with E-state index < -0.39 is 5.54 Å². The molecule has 3 N–H and O–H groups in total. The van der Waals surface area contributed by atoms with Gasteiger partial charge in [-0.2, -0.15) is 0 Å². The molecule has 0 saturated heterocycles. The fourth-order valence-corrected chi connectivity index (χ4v) is 4.72. The molecule has 0 radical (unpaired) electrons. The van der Waals surface area contributed by atoms with E-state index in [1.165, 1.54) is 27.8 Å². The van der Waals surface area contributed by atoms with Gasteiger partial charge in [0.2, 0.25) is 0 Å². The van der Waals surface area contributed by atoms with Crippen molar-refractivity contribution in [3.63, 3.8) is 0 Å². The Bertz CT molecular complexity index is 1050. The molecule has 4 rings (SSSR count). The van der Waals surface area contributed by atoms with Gasteiger partial charge in [-0.1, -0.05) is 119 Å². The van der Waals surface area contributed by atoms with Gasteiger partial charge in [0.15, 0.2) is 0 Å². The second-order valence-corrected chi connectivity index (χ2v) is 9.35. The smallest absolute Gasteiger partial charge is 0.114 e. The first-order valence-corrected chi connectivity index (χ1v) is 11.8. The molecule has 0 aliphatic carbocycles. The number of benzene rings is 4. The van der Waals surface area contributed by atoms with E-state index in [1.807, 2.05) is 0 Å². The zero-order valence-electron chi connectivity index (χ0n) is 20.0. The van der Waals surface area contributed by atoms with Crippen molar-refractivity contribution in [1.29, 1.82) is 0 Å². The van der Waals surface area contributed by atoms with Crippen molar-refractivity contribution >= 4 is 11.4 Å². The molecule has 0 aliphatic heterocycles. The summed E-state index contributed by atoms with van der Waals surface area (Å²) in [5.41, 5.74) is 14.0. The van der Waals surface area contributed by atoms with Crippen LogP contribution in [0.15, 0.2) is 103 Å². The molecule has 2 heteroatoms. The van der Waals surface area contributed by atoms with Crippen molar-refractivity contribution in [1.82, 2.24) is 0 Å². The van der Waals surface area contributed by atoms with Crippen molar-refractivity contribution in [2.24, 2.45) is 0 Å². The summed E-state index contributed by atoms with van der Waals surface area (Å²) >= 11 is 0. The van der Waals surface area contributed by atoms with E-state index in [0.717, 1.165) is 11.4 Å². The highest BCUT2D eigenvalue weighted by atomic mass is 15.0. The molecule has 0 aromatic heterocycles. The molecule has 0 unspecified atom stereocenters. The molecule has 0 saturated carbocycles. The maximum atomic E-state index is 6.62. The van der Waals surface area contributed by atoms with E-state index in [0.29, 0.717) is 11.8 Å². The molecule has 0 bridgehead atoms. The Balaban J connectivity index is 2.01. The number of hydrogen-bond donors (Lipinski definition) is 2. The van der Waals surface area contributed by atoms with E-state index >= 15 is 0 Å². The van der Waals surface area contributed by atoms with Gasteiger partial charge in [0.05, 0.1) is 0 Å². The van der Waals surface area contributed by atoms with Crippen LogP contribution in [-0.2, 0) is 5.54 Å². The van der Waals surface area contributed by atoms with E-state index in [-0.39, 0.29) is 0 Å². The number of nitrogens with one attached hydrogen (secondary N) is 1. The van der Waals surface area contributed by atoms with Crippen molar-refractivity contribution in [2.75, 3.05) is 11.1 Å². The van der Waals surface area contributed by atoms with Crippen LogP contribution in [0.25, 0.3) is 0 Å². The van der Waals surface area contributed by atoms with E-state index in [9.17, 15) is 0 Å². The zero-order valence-corrected chi connectivity index (χ0v) is 20.0. The molecular weight excluding hydrogens is 400 g/mol. The van der Waals surface area contributed by atoms with E-state index in [4.69, 9.17) is 5.73 Å². The maximum absolute atomic E-state index is 6.62. The number of rotatable bonds is 7. The normalized spacial score (nSPS) is 11.7. The van der Waals surface area contributed by atoms with Crippen LogP contribution in [0.2, 0.25) is 0 Å². The molecule has 0 spiro atoms. The predicted octanol–water partition coefficient (Wildman–Crippen LogP) is 7.92. The number of nitrogen functional groups attached to an aromatic ring is 1. The van der Waals surface area contributed by atoms with E-state index in [1.54, 1.807) is 0 Å². The van der Waals surface area contributed by atoms with Gasteiger partial charge in [0.1, 0.15) is 5.54 Å². The summed E-state index contributed by atoms with van der Waals surface area (Å²) in [5, 5.41) is 4.00. The average molecular weight is 435 g/mol. The fraction of sp³-hybridized carbons (Fsp3) is 0.226. The standard InChI is InChI=1S/C31H34N2/c1-22(2)28-20-27(21-29(23(3)4)30(28)32)33-31(24-14-8-5-9-15-24,25-16-10-6-11-17-25)26-18-12-7-13-19-26/h5-23,33H,32H2,1-4H3. The molecule has 33 heavy (non-hydrogen) atoms. The SMILES string of the molecule is CC(C)c1cc(NC(c2ccccc2)(c2ccccc2)c2ccccc2)cc(C(C)C)c1N. The fourth-order valence-electron chi connectivity index (χ4n) is 4.72. The first-order valence-electron chi connectivity index (χ1n) is 11.8. The molecule has 0 amide bonds. The Hall–Kier alpha value is -3.52. The molecular formula is C31H34N2. The average Bonchev–Trinajstić information content (AvgIpc) is 2.84. The molecule has 168 valence electrons. The summed E-state index contributed by atoms with van der Waals surface area (Å²) in [6, 6.07) is 36.6. The summed E-state index contributed by atoms with van der Waals surface area (Å²) < 4.78 is 0. The Morgan fingerprint density at radius 2 is 0.909 bits per heavy atom. The van der Waals surface area contributed by atoms with Gasteiger partial charge in [-0.05, 0) is 51.8 Å². The van der Waals surface area contributed by atoms with Crippen LogP contribution in [-0.4, -0.2) is 0 Å². The van der Waals surface area contributed by atoms with Gasteiger partial charge >= 0.3 is 0 Å². The molecule has 0 aliphatic rings. The lowest BCUT2D eigenvalue weighted by Crippen LogP contribution is -2.38. The van der Waals surface area contributed by atoms with Crippen LogP contribution in [0.3, 0.4) is 0 Å². The van der Waals surface area contributed by atoms with Crippen molar-refractivity contribution < 1.29 is 0 Å². The largest absolute Gasteiger partial charge is 0.398 e. The van der Waals surface area contributed by atoms with Crippen LogP contribution in [0.5, 0.6) is 0 Å². The third-order valence-electron chi connectivity index (χ3n) is 6.44. The third-order valence-corrected chi connectivity index (χ3v) is 6.44. The maximum Gasteiger partial charge on any atom is 0.114 e. The Labute approximate surface area is 198 Å². The van der Waals surface area contributed by atoms with Crippen LogP contribution in [0.1, 0.15) is 67.3 Å². The van der Waals surface area contributed by atoms with Crippen molar-refractivity contribution in [2.45, 2.75) is 45.1 Å². The van der Waals surface area contributed by atoms with Crippen molar-refractivity contribution in [3.8, 4) is 0 Å².